The maximum Gasteiger partial charge on any atom is 0.222 e. The second-order valence-corrected chi connectivity index (χ2v) is 8.66. The molecule has 1 atom stereocenters. The zero-order chi connectivity index (χ0) is 22.2. The highest BCUT2D eigenvalue weighted by molar-refractivity contribution is 7.98. The first-order valence-electron chi connectivity index (χ1n) is 10.5. The molecule has 1 aliphatic rings. The van der Waals surface area contributed by atoms with Gasteiger partial charge in [-0.25, -0.2) is 4.98 Å². The van der Waals surface area contributed by atoms with E-state index in [2.05, 4.69) is 61.7 Å². The molecule has 3 N–H and O–H groups in total. The summed E-state index contributed by atoms with van der Waals surface area (Å²) in [7, 11) is 3.83. The van der Waals surface area contributed by atoms with Crippen molar-refractivity contribution in [2.24, 2.45) is 16.6 Å². The highest BCUT2D eigenvalue weighted by Crippen LogP contribution is 2.24. The van der Waals surface area contributed by atoms with E-state index in [4.69, 9.17) is 5.73 Å². The van der Waals surface area contributed by atoms with Gasteiger partial charge in [0.05, 0.1) is 5.92 Å². The Balaban J connectivity index is 1.64. The molecule has 0 saturated carbocycles. The summed E-state index contributed by atoms with van der Waals surface area (Å²) < 4.78 is 0. The van der Waals surface area contributed by atoms with Gasteiger partial charge in [0.1, 0.15) is 5.82 Å². The van der Waals surface area contributed by atoms with Crippen LogP contribution in [-0.2, 0) is 17.9 Å². The highest BCUT2D eigenvalue weighted by Gasteiger charge is 2.26. The first-order valence-corrected chi connectivity index (χ1v) is 11.8. The Morgan fingerprint density at radius 3 is 2.81 bits per heavy atom. The summed E-state index contributed by atoms with van der Waals surface area (Å²) in [5.41, 5.74) is 7.86. The van der Waals surface area contributed by atoms with Gasteiger partial charge in [0.15, 0.2) is 5.96 Å². The Hall–Kier alpha value is -2.74. The number of carbonyl (C=O) groups is 1. The summed E-state index contributed by atoms with van der Waals surface area (Å²) in [6, 6.07) is 12.6. The maximum atomic E-state index is 11.7. The minimum Gasteiger partial charge on any atom is -0.369 e. The number of carbonyl (C=O) groups excluding carboxylic acids is 1. The van der Waals surface area contributed by atoms with E-state index < -0.39 is 0 Å². The number of nitrogens with two attached hydrogens (primary N) is 1. The number of hydrogen-bond donors (Lipinski definition) is 2. The van der Waals surface area contributed by atoms with Crippen molar-refractivity contribution in [3.05, 3.63) is 53.7 Å². The van der Waals surface area contributed by atoms with Crippen LogP contribution < -0.4 is 16.0 Å². The Labute approximate surface area is 189 Å². The lowest BCUT2D eigenvalue weighted by Crippen LogP contribution is -2.42. The van der Waals surface area contributed by atoms with Gasteiger partial charge in [-0.3, -0.25) is 9.79 Å². The summed E-state index contributed by atoms with van der Waals surface area (Å²) in [6.45, 7) is 2.87. The molecule has 1 unspecified atom stereocenters. The normalized spacial score (nSPS) is 16.8. The van der Waals surface area contributed by atoms with Crippen molar-refractivity contribution in [1.29, 1.82) is 0 Å². The molecule has 2 heterocycles. The molecule has 0 radical (unpaired) electrons. The van der Waals surface area contributed by atoms with E-state index in [1.54, 1.807) is 25.0 Å². The van der Waals surface area contributed by atoms with Crippen LogP contribution in [0.5, 0.6) is 0 Å². The second kappa shape index (κ2) is 11.0. The first kappa shape index (κ1) is 22.9. The molecule has 3 rings (SSSR count). The molecule has 1 aromatic carbocycles. The molecule has 0 aliphatic carbocycles. The number of aliphatic imine (C=N–C) groups is 1. The molecule has 2 aromatic rings. The molecule has 0 bridgehead atoms. The minimum absolute atomic E-state index is 0.118. The fourth-order valence-electron chi connectivity index (χ4n) is 3.89. The van der Waals surface area contributed by atoms with Gasteiger partial charge in [0, 0.05) is 56.9 Å². The Morgan fingerprint density at radius 2 is 2.13 bits per heavy atom. The summed E-state index contributed by atoms with van der Waals surface area (Å²) in [5, 5.41) is 3.46. The van der Waals surface area contributed by atoms with Crippen LogP contribution in [0.1, 0.15) is 24.0 Å². The monoisotopic (exact) mass is 440 g/mol. The van der Waals surface area contributed by atoms with E-state index in [0.29, 0.717) is 13.1 Å². The second-order valence-electron chi connectivity index (χ2n) is 7.78. The van der Waals surface area contributed by atoms with Gasteiger partial charge in [-0.1, -0.05) is 18.2 Å². The zero-order valence-electron chi connectivity index (χ0n) is 18.5. The number of guanidine groups is 1. The van der Waals surface area contributed by atoms with E-state index in [1.165, 1.54) is 10.5 Å². The van der Waals surface area contributed by atoms with E-state index in [-0.39, 0.29) is 11.8 Å². The summed E-state index contributed by atoms with van der Waals surface area (Å²) in [6.07, 6.45) is 5.67. The van der Waals surface area contributed by atoms with Crippen LogP contribution in [0.15, 0.2) is 52.5 Å². The molecule has 1 aliphatic heterocycles. The van der Waals surface area contributed by atoms with E-state index in [0.717, 1.165) is 43.3 Å². The lowest BCUT2D eigenvalue weighted by Gasteiger charge is -2.33. The average molecular weight is 441 g/mol. The van der Waals surface area contributed by atoms with E-state index >= 15 is 0 Å². The number of primary amides is 1. The Morgan fingerprint density at radius 1 is 1.35 bits per heavy atom. The predicted molar refractivity (Wildman–Crippen MR) is 128 cm³/mol. The number of nitrogens with zero attached hydrogens (tertiary/aromatic N) is 4. The van der Waals surface area contributed by atoms with Gasteiger partial charge in [-0.05, 0) is 42.9 Å². The number of rotatable bonds is 7. The molecule has 1 saturated heterocycles. The van der Waals surface area contributed by atoms with Gasteiger partial charge in [-0.2, -0.15) is 0 Å². The Bertz CT molecular complexity index is 901. The lowest BCUT2D eigenvalue weighted by molar-refractivity contribution is -0.122. The number of amides is 1. The molecular formula is C23H32N6OS. The minimum atomic E-state index is -0.229. The number of anilines is 1. The molecule has 1 aromatic heterocycles. The molecular weight excluding hydrogens is 408 g/mol. The van der Waals surface area contributed by atoms with Gasteiger partial charge in [0.25, 0.3) is 0 Å². The first-order chi connectivity index (χ1) is 15.0. The van der Waals surface area contributed by atoms with Crippen molar-refractivity contribution in [2.45, 2.75) is 30.8 Å². The molecule has 1 amide bonds. The van der Waals surface area contributed by atoms with Crippen LogP contribution in [-0.4, -0.2) is 55.2 Å². The molecule has 8 heteroatoms. The smallest absolute Gasteiger partial charge is 0.222 e. The van der Waals surface area contributed by atoms with Crippen LogP contribution in [0.3, 0.4) is 0 Å². The van der Waals surface area contributed by atoms with Crippen LogP contribution >= 0.6 is 11.8 Å². The predicted octanol–water partition coefficient (Wildman–Crippen LogP) is 2.71. The molecule has 0 spiro atoms. The average Bonchev–Trinajstić information content (AvgIpc) is 2.80. The fourth-order valence-corrected chi connectivity index (χ4v) is 4.30. The number of benzene rings is 1. The Kier molecular flexibility index (Phi) is 8.17. The maximum absolute atomic E-state index is 11.7. The zero-order valence-corrected chi connectivity index (χ0v) is 19.4. The van der Waals surface area contributed by atoms with Crippen molar-refractivity contribution in [3.8, 4) is 0 Å². The fraction of sp³-hybridized carbons (Fsp3) is 0.435. The third-order valence-corrected chi connectivity index (χ3v) is 6.32. The van der Waals surface area contributed by atoms with Crippen molar-refractivity contribution in [3.63, 3.8) is 0 Å². The molecule has 1 fully saturated rings. The quantitative estimate of drug-likeness (QED) is 0.391. The van der Waals surface area contributed by atoms with Crippen molar-refractivity contribution < 1.29 is 4.79 Å². The lowest BCUT2D eigenvalue weighted by atomic mass is 9.97. The van der Waals surface area contributed by atoms with E-state index in [1.807, 2.05) is 13.1 Å². The van der Waals surface area contributed by atoms with E-state index in [9.17, 15) is 4.79 Å². The van der Waals surface area contributed by atoms with Crippen LogP contribution in [0, 0.1) is 5.92 Å². The van der Waals surface area contributed by atoms with Crippen LogP contribution in [0.25, 0.3) is 0 Å². The third kappa shape index (κ3) is 6.13. The van der Waals surface area contributed by atoms with Gasteiger partial charge in [0.2, 0.25) is 5.91 Å². The molecule has 7 nitrogen and oxygen atoms in total. The SMILES string of the molecule is CN=C(NCc1cccnc1N1CCCC(C(N)=O)C1)N(C)Cc1ccc(SC)cc1. The van der Waals surface area contributed by atoms with Gasteiger partial charge >= 0.3 is 0 Å². The van der Waals surface area contributed by atoms with Crippen LogP contribution in [0.4, 0.5) is 5.82 Å². The summed E-state index contributed by atoms with van der Waals surface area (Å²) in [5.74, 6) is 1.38. The number of piperidine rings is 1. The topological polar surface area (TPSA) is 86.9 Å². The number of thioether (sulfide) groups is 1. The number of hydrogen-bond acceptors (Lipinski definition) is 5. The highest BCUT2D eigenvalue weighted by atomic mass is 32.2. The van der Waals surface area contributed by atoms with Crippen molar-refractivity contribution in [2.75, 3.05) is 38.3 Å². The number of nitrogens with one attached hydrogen (secondary N) is 1. The third-order valence-electron chi connectivity index (χ3n) is 5.58. The standard InChI is InChI=1S/C23H32N6OS/c1-25-23(28(2)15-17-8-10-20(31-3)11-9-17)27-14-18-6-4-12-26-22(18)29-13-5-7-19(16-29)21(24)30/h4,6,8-12,19H,5,7,13-16H2,1-3H3,(H2,24,30)(H,25,27). The van der Waals surface area contributed by atoms with Gasteiger partial charge < -0.3 is 20.9 Å². The largest absolute Gasteiger partial charge is 0.369 e. The summed E-state index contributed by atoms with van der Waals surface area (Å²) >= 11 is 1.74. The molecule has 166 valence electrons. The van der Waals surface area contributed by atoms with Gasteiger partial charge in [-0.15, -0.1) is 11.8 Å². The van der Waals surface area contributed by atoms with Crippen molar-refractivity contribution in [1.82, 2.24) is 15.2 Å². The number of pyridine rings is 1. The van der Waals surface area contributed by atoms with Crippen molar-refractivity contribution >= 4 is 29.4 Å². The molecule has 31 heavy (non-hydrogen) atoms. The number of aromatic nitrogens is 1. The van der Waals surface area contributed by atoms with Crippen LogP contribution in [0.2, 0.25) is 0 Å². The summed E-state index contributed by atoms with van der Waals surface area (Å²) in [4.78, 5) is 26.3.